The number of hydrogen-bond acceptors (Lipinski definition) is 3. The normalized spacial score (nSPS) is 23.7. The van der Waals surface area contributed by atoms with E-state index >= 15 is 0 Å². The Bertz CT molecular complexity index is 543. The van der Waals surface area contributed by atoms with E-state index in [1.165, 1.54) is 6.42 Å². The second-order valence-electron chi connectivity index (χ2n) is 5.57. The summed E-state index contributed by atoms with van der Waals surface area (Å²) in [6.45, 7) is 2.41. The van der Waals surface area contributed by atoms with Crippen LogP contribution in [0, 0.1) is 5.92 Å². The Morgan fingerprint density at radius 3 is 2.75 bits per heavy atom. The minimum atomic E-state index is -3.46. The molecule has 1 fully saturated rings. The molecule has 0 heterocycles. The summed E-state index contributed by atoms with van der Waals surface area (Å²) in [6.07, 6.45) is 5.32. The summed E-state index contributed by atoms with van der Waals surface area (Å²) in [5.41, 5.74) is 6.30. The lowest BCUT2D eigenvalue weighted by molar-refractivity contribution is 0.301. The molecule has 0 amide bonds. The Hall–Kier alpha value is -0.910. The molecule has 1 aliphatic carbocycles. The molecule has 5 heteroatoms. The molecule has 0 saturated heterocycles. The molecule has 2 rings (SSSR count). The van der Waals surface area contributed by atoms with E-state index in [2.05, 4.69) is 11.6 Å². The average molecular weight is 296 g/mol. The molecule has 112 valence electrons. The van der Waals surface area contributed by atoms with Crippen LogP contribution in [0.15, 0.2) is 29.2 Å². The predicted molar refractivity (Wildman–Crippen MR) is 80.7 cm³/mol. The van der Waals surface area contributed by atoms with Crippen LogP contribution in [0.25, 0.3) is 0 Å². The third-order valence-corrected chi connectivity index (χ3v) is 5.78. The molecule has 20 heavy (non-hydrogen) atoms. The number of nitrogens with two attached hydrogens (primary N) is 1. The third kappa shape index (κ3) is 3.59. The van der Waals surface area contributed by atoms with Crippen molar-refractivity contribution in [2.24, 2.45) is 11.7 Å². The highest BCUT2D eigenvalue weighted by Crippen LogP contribution is 2.27. The maximum absolute atomic E-state index is 12.5. The van der Waals surface area contributed by atoms with Crippen molar-refractivity contribution in [1.82, 2.24) is 4.72 Å². The van der Waals surface area contributed by atoms with Gasteiger partial charge in [-0.25, -0.2) is 13.1 Å². The molecule has 0 bridgehead atoms. The summed E-state index contributed by atoms with van der Waals surface area (Å²) >= 11 is 0. The minimum Gasteiger partial charge on any atom is -0.326 e. The summed E-state index contributed by atoms with van der Waals surface area (Å²) < 4.78 is 27.9. The Morgan fingerprint density at radius 2 is 2.05 bits per heavy atom. The standard InChI is InChI=1S/C15H24N2O2S/c1-2-12-6-5-8-14(10-12)17-20(18,19)15-9-4-3-7-13(15)11-16/h3-4,7,9,12,14,17H,2,5-6,8,10-11,16H2,1H3. The minimum absolute atomic E-state index is 0.0598. The Morgan fingerprint density at radius 1 is 1.30 bits per heavy atom. The number of hydrogen-bond donors (Lipinski definition) is 2. The Balaban J connectivity index is 2.14. The van der Waals surface area contributed by atoms with Gasteiger partial charge in [-0.15, -0.1) is 0 Å². The van der Waals surface area contributed by atoms with Gasteiger partial charge in [-0.1, -0.05) is 44.4 Å². The van der Waals surface area contributed by atoms with E-state index in [-0.39, 0.29) is 12.6 Å². The molecule has 1 aliphatic rings. The highest BCUT2D eigenvalue weighted by molar-refractivity contribution is 7.89. The van der Waals surface area contributed by atoms with E-state index in [4.69, 9.17) is 5.73 Å². The fourth-order valence-corrected chi connectivity index (χ4v) is 4.52. The molecule has 1 saturated carbocycles. The molecule has 2 atom stereocenters. The van der Waals surface area contributed by atoms with Gasteiger partial charge in [0.25, 0.3) is 0 Å². The predicted octanol–water partition coefficient (Wildman–Crippen LogP) is 2.39. The highest BCUT2D eigenvalue weighted by atomic mass is 32.2. The zero-order chi connectivity index (χ0) is 14.6. The first-order valence-corrected chi connectivity index (χ1v) is 8.85. The summed E-state index contributed by atoms with van der Waals surface area (Å²) in [6, 6.07) is 7.01. The molecule has 0 aliphatic heterocycles. The maximum Gasteiger partial charge on any atom is 0.241 e. The number of sulfonamides is 1. The fourth-order valence-electron chi connectivity index (χ4n) is 2.99. The number of rotatable bonds is 5. The van der Waals surface area contributed by atoms with Crippen LogP contribution in [0.2, 0.25) is 0 Å². The van der Waals surface area contributed by atoms with Gasteiger partial charge in [0.05, 0.1) is 4.90 Å². The van der Waals surface area contributed by atoms with E-state index in [1.807, 2.05) is 6.07 Å². The van der Waals surface area contributed by atoms with E-state index in [0.29, 0.717) is 16.4 Å². The lowest BCUT2D eigenvalue weighted by Gasteiger charge is -2.29. The smallest absolute Gasteiger partial charge is 0.241 e. The fraction of sp³-hybridized carbons (Fsp3) is 0.600. The molecule has 0 spiro atoms. The van der Waals surface area contributed by atoms with Crippen LogP contribution in [-0.2, 0) is 16.6 Å². The SMILES string of the molecule is CCC1CCCC(NS(=O)(=O)c2ccccc2CN)C1. The second-order valence-corrected chi connectivity index (χ2v) is 7.25. The van der Waals surface area contributed by atoms with E-state index in [0.717, 1.165) is 25.7 Å². The molecule has 0 aromatic heterocycles. The highest BCUT2D eigenvalue weighted by Gasteiger charge is 2.26. The first kappa shape index (κ1) is 15.5. The van der Waals surface area contributed by atoms with Crippen LogP contribution < -0.4 is 10.5 Å². The average Bonchev–Trinajstić information content (AvgIpc) is 2.47. The summed E-state index contributed by atoms with van der Waals surface area (Å²) in [7, 11) is -3.46. The van der Waals surface area contributed by atoms with Gasteiger partial charge >= 0.3 is 0 Å². The Kier molecular flexibility index (Phi) is 5.18. The van der Waals surface area contributed by atoms with Crippen molar-refractivity contribution in [2.45, 2.75) is 56.5 Å². The van der Waals surface area contributed by atoms with E-state index in [9.17, 15) is 8.42 Å². The van der Waals surface area contributed by atoms with Gasteiger partial charge in [0, 0.05) is 12.6 Å². The summed E-state index contributed by atoms with van der Waals surface area (Å²) in [5.74, 6) is 0.640. The van der Waals surface area contributed by atoms with Gasteiger partial charge in [-0.3, -0.25) is 0 Å². The maximum atomic E-state index is 12.5. The van der Waals surface area contributed by atoms with Gasteiger partial charge in [0.1, 0.15) is 0 Å². The molecule has 0 radical (unpaired) electrons. The van der Waals surface area contributed by atoms with Crippen LogP contribution in [0.5, 0.6) is 0 Å². The quantitative estimate of drug-likeness (QED) is 0.876. The van der Waals surface area contributed by atoms with Gasteiger partial charge in [-0.2, -0.15) is 0 Å². The van der Waals surface area contributed by atoms with Crippen molar-refractivity contribution in [1.29, 1.82) is 0 Å². The molecule has 1 aromatic carbocycles. The lowest BCUT2D eigenvalue weighted by atomic mass is 9.85. The summed E-state index contributed by atoms with van der Waals surface area (Å²) in [4.78, 5) is 0.320. The van der Waals surface area contributed by atoms with E-state index in [1.54, 1.807) is 18.2 Å². The monoisotopic (exact) mass is 296 g/mol. The van der Waals surface area contributed by atoms with Gasteiger partial charge in [-0.05, 0) is 30.4 Å². The zero-order valence-corrected chi connectivity index (χ0v) is 12.8. The number of benzene rings is 1. The van der Waals surface area contributed by atoms with Gasteiger partial charge in [0.2, 0.25) is 10.0 Å². The Labute approximate surface area is 121 Å². The molecular weight excluding hydrogens is 272 g/mol. The van der Waals surface area contributed by atoms with Gasteiger partial charge < -0.3 is 5.73 Å². The van der Waals surface area contributed by atoms with Crippen molar-refractivity contribution in [2.75, 3.05) is 0 Å². The third-order valence-electron chi connectivity index (χ3n) is 4.16. The van der Waals surface area contributed by atoms with E-state index < -0.39 is 10.0 Å². The first-order chi connectivity index (χ1) is 9.56. The second kappa shape index (κ2) is 6.70. The molecule has 2 unspecified atom stereocenters. The van der Waals surface area contributed by atoms with Crippen molar-refractivity contribution < 1.29 is 8.42 Å². The number of nitrogens with one attached hydrogen (secondary N) is 1. The topological polar surface area (TPSA) is 72.2 Å². The molecule has 3 N–H and O–H groups in total. The van der Waals surface area contributed by atoms with Crippen LogP contribution in [0.4, 0.5) is 0 Å². The van der Waals surface area contributed by atoms with Crippen molar-refractivity contribution in [3.8, 4) is 0 Å². The van der Waals surface area contributed by atoms with Crippen LogP contribution in [0.3, 0.4) is 0 Å². The molecular formula is C15H24N2O2S. The van der Waals surface area contributed by atoms with Crippen LogP contribution >= 0.6 is 0 Å². The molecule has 1 aromatic rings. The first-order valence-electron chi connectivity index (χ1n) is 7.37. The largest absolute Gasteiger partial charge is 0.326 e. The molecule has 4 nitrogen and oxygen atoms in total. The lowest BCUT2D eigenvalue weighted by Crippen LogP contribution is -2.38. The van der Waals surface area contributed by atoms with Crippen molar-refractivity contribution in [3.05, 3.63) is 29.8 Å². The van der Waals surface area contributed by atoms with Crippen molar-refractivity contribution >= 4 is 10.0 Å². The van der Waals surface area contributed by atoms with Crippen LogP contribution in [-0.4, -0.2) is 14.5 Å². The summed E-state index contributed by atoms with van der Waals surface area (Å²) in [5, 5.41) is 0. The van der Waals surface area contributed by atoms with Crippen molar-refractivity contribution in [3.63, 3.8) is 0 Å². The van der Waals surface area contributed by atoms with Gasteiger partial charge in [0.15, 0.2) is 0 Å². The van der Waals surface area contributed by atoms with Crippen LogP contribution in [0.1, 0.15) is 44.6 Å². The zero-order valence-electron chi connectivity index (χ0n) is 12.0.